The molecule has 1 heterocycles. The average molecular weight is 408 g/mol. The smallest absolute Gasteiger partial charge is 0.280 e. The Morgan fingerprint density at radius 2 is 1.95 bits per heavy atom. The zero-order valence-corrected chi connectivity index (χ0v) is 14.7. The first kappa shape index (κ1) is 16.4. The zero-order chi connectivity index (χ0) is 15.6. The van der Waals surface area contributed by atoms with Crippen LogP contribution in [0.5, 0.6) is 0 Å². The van der Waals surface area contributed by atoms with Crippen molar-refractivity contribution in [3.63, 3.8) is 0 Å². The number of aromatic nitrogens is 1. The van der Waals surface area contributed by atoms with Crippen molar-refractivity contribution in [3.05, 3.63) is 48.3 Å². The number of ketones is 1. The summed E-state index contributed by atoms with van der Waals surface area (Å²) in [6.07, 6.45) is 0. The Labute approximate surface area is 143 Å². The summed E-state index contributed by atoms with van der Waals surface area (Å²) in [6.45, 7) is 1.59. The molecule has 1 N–H and O–H groups in total. The highest BCUT2D eigenvalue weighted by atomic mass is 79.9. The zero-order valence-electron chi connectivity index (χ0n) is 10.7. The molecule has 0 unspecified atom stereocenters. The largest absolute Gasteiger partial charge is 0.343 e. The number of nitrogens with zero attached hydrogens (tertiary/aromatic N) is 1. The van der Waals surface area contributed by atoms with Crippen LogP contribution in [-0.2, 0) is 0 Å². The fourth-order valence-electron chi connectivity index (χ4n) is 1.56. The van der Waals surface area contributed by atoms with Gasteiger partial charge in [0.15, 0.2) is 10.8 Å². The van der Waals surface area contributed by atoms with Crippen LogP contribution in [0.1, 0.15) is 25.9 Å². The monoisotopic (exact) mass is 406 g/mol. The van der Waals surface area contributed by atoms with Crippen molar-refractivity contribution in [2.45, 2.75) is 6.92 Å². The standard InChI is InChI=1S/C13H9BrCl2N2O2S/c1-6-11(14)21-13(18-6)12(20)17-5-9(19)10-7(15)3-2-4-8(10)16/h2-4H,5H2,1H3,(H,17,20). The molecular weight excluding hydrogens is 399 g/mol. The lowest BCUT2D eigenvalue weighted by atomic mass is 10.1. The van der Waals surface area contributed by atoms with Gasteiger partial charge in [0.2, 0.25) is 0 Å². The quantitative estimate of drug-likeness (QED) is 0.775. The van der Waals surface area contributed by atoms with Crippen molar-refractivity contribution in [2.24, 2.45) is 0 Å². The molecule has 21 heavy (non-hydrogen) atoms. The fourth-order valence-corrected chi connectivity index (χ4v) is 3.43. The lowest BCUT2D eigenvalue weighted by Crippen LogP contribution is -2.29. The van der Waals surface area contributed by atoms with E-state index in [1.54, 1.807) is 25.1 Å². The Morgan fingerprint density at radius 1 is 1.33 bits per heavy atom. The number of aryl methyl sites for hydroxylation is 1. The van der Waals surface area contributed by atoms with Crippen molar-refractivity contribution in [2.75, 3.05) is 6.54 Å². The third-order valence-electron chi connectivity index (χ3n) is 2.59. The van der Waals surface area contributed by atoms with Crippen molar-refractivity contribution in [3.8, 4) is 0 Å². The van der Waals surface area contributed by atoms with Gasteiger partial charge in [-0.15, -0.1) is 11.3 Å². The fraction of sp³-hybridized carbons (Fsp3) is 0.154. The minimum absolute atomic E-state index is 0.196. The van der Waals surface area contributed by atoms with Crippen LogP contribution in [0, 0.1) is 6.92 Å². The van der Waals surface area contributed by atoms with Crippen LogP contribution < -0.4 is 5.32 Å². The van der Waals surface area contributed by atoms with Crippen LogP contribution in [0.3, 0.4) is 0 Å². The normalized spacial score (nSPS) is 10.5. The van der Waals surface area contributed by atoms with Gasteiger partial charge in [-0.25, -0.2) is 4.98 Å². The summed E-state index contributed by atoms with van der Waals surface area (Å²) in [5, 5.41) is 3.32. The Hall–Kier alpha value is -0.950. The molecule has 0 saturated heterocycles. The highest BCUT2D eigenvalue weighted by molar-refractivity contribution is 9.11. The van der Waals surface area contributed by atoms with Crippen molar-refractivity contribution in [1.82, 2.24) is 10.3 Å². The number of rotatable bonds is 4. The highest BCUT2D eigenvalue weighted by Crippen LogP contribution is 2.25. The van der Waals surface area contributed by atoms with Crippen molar-refractivity contribution in [1.29, 1.82) is 0 Å². The molecule has 0 bridgehead atoms. The van der Waals surface area contributed by atoms with Gasteiger partial charge in [-0.2, -0.15) is 0 Å². The molecule has 0 aliphatic carbocycles. The van der Waals surface area contributed by atoms with Crippen molar-refractivity contribution >= 4 is 62.2 Å². The summed E-state index contributed by atoms with van der Waals surface area (Å²) >= 11 is 16.4. The van der Waals surface area contributed by atoms with Gasteiger partial charge in [0.1, 0.15) is 0 Å². The van der Waals surface area contributed by atoms with Gasteiger partial charge in [-0.05, 0) is 35.0 Å². The predicted molar refractivity (Wildman–Crippen MR) is 87.7 cm³/mol. The molecule has 4 nitrogen and oxygen atoms in total. The number of halogens is 3. The first-order valence-corrected chi connectivity index (χ1v) is 8.15. The minimum atomic E-state index is -0.412. The summed E-state index contributed by atoms with van der Waals surface area (Å²) < 4.78 is 0.785. The highest BCUT2D eigenvalue weighted by Gasteiger charge is 2.17. The molecule has 0 aliphatic heterocycles. The molecule has 0 radical (unpaired) electrons. The summed E-state index contributed by atoms with van der Waals surface area (Å²) in [6, 6.07) is 4.80. The Kier molecular flexibility index (Phi) is 5.37. The number of hydrogen-bond donors (Lipinski definition) is 1. The van der Waals surface area contributed by atoms with Gasteiger partial charge >= 0.3 is 0 Å². The van der Waals surface area contributed by atoms with E-state index in [0.29, 0.717) is 0 Å². The first-order valence-electron chi connectivity index (χ1n) is 5.78. The second-order valence-electron chi connectivity index (χ2n) is 4.08. The number of benzene rings is 1. The molecule has 110 valence electrons. The maximum Gasteiger partial charge on any atom is 0.280 e. The number of carbonyl (C=O) groups is 2. The lowest BCUT2D eigenvalue weighted by Gasteiger charge is -2.06. The number of Topliss-reactive ketones (excluding diaryl/α,β-unsaturated/α-hetero) is 1. The second kappa shape index (κ2) is 6.87. The van der Waals surface area contributed by atoms with Gasteiger partial charge in [0.05, 0.1) is 31.6 Å². The first-order chi connectivity index (χ1) is 9.90. The lowest BCUT2D eigenvalue weighted by molar-refractivity contribution is 0.0904. The SMILES string of the molecule is Cc1nc(C(=O)NCC(=O)c2c(Cl)cccc2Cl)sc1Br. The minimum Gasteiger partial charge on any atom is -0.343 e. The van der Waals surface area contributed by atoms with E-state index in [2.05, 4.69) is 26.2 Å². The molecule has 0 saturated carbocycles. The summed E-state index contributed by atoms with van der Waals surface area (Å²) in [4.78, 5) is 28.1. The van der Waals surface area contributed by atoms with Gasteiger partial charge in [0.25, 0.3) is 5.91 Å². The van der Waals surface area contributed by atoms with Gasteiger partial charge < -0.3 is 5.32 Å². The van der Waals surface area contributed by atoms with Crippen LogP contribution in [-0.4, -0.2) is 23.2 Å². The molecule has 1 aromatic heterocycles. The summed E-state index contributed by atoms with van der Waals surface area (Å²) in [5.41, 5.74) is 0.934. The van der Waals surface area contributed by atoms with Crippen LogP contribution in [0.15, 0.2) is 22.0 Å². The van der Waals surface area contributed by atoms with E-state index < -0.39 is 5.91 Å². The van der Waals surface area contributed by atoms with Crippen molar-refractivity contribution < 1.29 is 9.59 Å². The van der Waals surface area contributed by atoms with Gasteiger partial charge in [-0.1, -0.05) is 29.3 Å². The molecule has 1 aromatic carbocycles. The van der Waals surface area contributed by atoms with Crippen LogP contribution in [0.4, 0.5) is 0 Å². The van der Waals surface area contributed by atoms with E-state index in [-0.39, 0.29) is 32.9 Å². The Balaban J connectivity index is 2.06. The molecule has 0 atom stereocenters. The number of amides is 1. The molecule has 0 spiro atoms. The molecule has 8 heteroatoms. The van der Waals surface area contributed by atoms with E-state index >= 15 is 0 Å². The van der Waals surface area contributed by atoms with E-state index in [4.69, 9.17) is 23.2 Å². The number of thiazole rings is 1. The third kappa shape index (κ3) is 3.83. The summed E-state index contributed by atoms with van der Waals surface area (Å²) in [5.74, 6) is -0.767. The van der Waals surface area contributed by atoms with E-state index in [9.17, 15) is 9.59 Å². The maximum absolute atomic E-state index is 12.1. The van der Waals surface area contributed by atoms with E-state index in [0.717, 1.165) is 9.48 Å². The topological polar surface area (TPSA) is 59.1 Å². The molecular formula is C13H9BrCl2N2O2S. The van der Waals surface area contributed by atoms with Crippen LogP contribution in [0.25, 0.3) is 0 Å². The molecule has 0 aliphatic rings. The maximum atomic E-state index is 12.1. The number of nitrogens with one attached hydrogen (secondary N) is 1. The summed E-state index contributed by atoms with van der Waals surface area (Å²) in [7, 11) is 0. The van der Waals surface area contributed by atoms with Gasteiger partial charge in [-0.3, -0.25) is 9.59 Å². The van der Waals surface area contributed by atoms with Crippen LogP contribution >= 0.6 is 50.5 Å². The number of carbonyl (C=O) groups excluding carboxylic acids is 2. The molecule has 1 amide bonds. The molecule has 0 fully saturated rings. The Bertz CT molecular complexity index is 678. The Morgan fingerprint density at radius 3 is 2.48 bits per heavy atom. The predicted octanol–water partition coefficient (Wildman–Crippen LogP) is 4.13. The second-order valence-corrected chi connectivity index (χ2v) is 7.21. The van der Waals surface area contributed by atoms with E-state index in [1.807, 2.05) is 0 Å². The third-order valence-corrected chi connectivity index (χ3v) is 5.22. The molecule has 2 aromatic rings. The van der Waals surface area contributed by atoms with Crippen LogP contribution in [0.2, 0.25) is 10.0 Å². The van der Waals surface area contributed by atoms with Gasteiger partial charge in [0, 0.05) is 0 Å². The average Bonchev–Trinajstić information content (AvgIpc) is 2.76. The number of hydrogen-bond acceptors (Lipinski definition) is 4. The molecule has 2 rings (SSSR count). The van der Waals surface area contributed by atoms with E-state index in [1.165, 1.54) is 11.3 Å².